The Morgan fingerprint density at radius 1 is 1.16 bits per heavy atom. The van der Waals surface area contributed by atoms with Gasteiger partial charge in [-0.05, 0) is 42.4 Å². The molecule has 3 aliphatic rings. The zero-order chi connectivity index (χ0) is 17.7. The zero-order valence-corrected chi connectivity index (χ0v) is 13.3. The predicted molar refractivity (Wildman–Crippen MR) is 87.3 cm³/mol. The number of carbonyl (C=O) groups excluding carboxylic acids is 2. The number of allylic oxidation sites excluding steroid dienone is 2. The molecule has 0 saturated heterocycles. The molecule has 2 aliphatic carbocycles. The second-order valence-corrected chi connectivity index (χ2v) is 6.86. The predicted octanol–water partition coefficient (Wildman–Crippen LogP) is 2.17. The van der Waals surface area contributed by atoms with Crippen LogP contribution in [-0.2, 0) is 20.8 Å². The number of anilines is 2. The van der Waals surface area contributed by atoms with Crippen LogP contribution in [0.15, 0.2) is 24.3 Å². The second-order valence-electron chi connectivity index (χ2n) is 6.86. The summed E-state index contributed by atoms with van der Waals surface area (Å²) in [4.78, 5) is 35.5. The lowest BCUT2D eigenvalue weighted by Crippen LogP contribution is -2.36. The van der Waals surface area contributed by atoms with Crippen LogP contribution < -0.4 is 10.6 Å². The Hall–Kier alpha value is -2.70. The molecule has 0 aromatic heterocycles. The number of hydrogen-bond acceptors (Lipinski definition) is 3. The molecular weight excluding hydrogens is 327 g/mol. The van der Waals surface area contributed by atoms with Crippen LogP contribution >= 0.6 is 0 Å². The summed E-state index contributed by atoms with van der Waals surface area (Å²) in [7, 11) is 0. The summed E-state index contributed by atoms with van der Waals surface area (Å²) < 4.78 is 14.3. The zero-order valence-electron chi connectivity index (χ0n) is 13.3. The molecule has 1 aromatic rings. The SMILES string of the molecule is O=C1CCc2cc(NC(=O)[C@H]3[C@H](C(=O)O)[C@H]4C=C[C@H]3C4)c(F)cc2N1. The number of carboxylic acid groups (broad SMARTS) is 1. The van der Waals surface area contributed by atoms with Crippen LogP contribution in [0.5, 0.6) is 0 Å². The molecule has 0 spiro atoms. The summed E-state index contributed by atoms with van der Waals surface area (Å²) in [5.41, 5.74) is 1.19. The Bertz CT molecular complexity index is 820. The van der Waals surface area contributed by atoms with Crippen molar-refractivity contribution in [3.8, 4) is 0 Å². The van der Waals surface area contributed by atoms with E-state index in [1.165, 1.54) is 12.1 Å². The molecule has 4 atom stereocenters. The molecule has 4 rings (SSSR count). The summed E-state index contributed by atoms with van der Waals surface area (Å²) >= 11 is 0. The standard InChI is InChI=1S/C18H17FN2O4/c19-11-7-12-8(3-4-14(22)20-12)6-13(11)21-17(23)15-9-1-2-10(5-9)16(15)18(24)25/h1-2,6-7,9-10,15-16H,3-5H2,(H,20,22)(H,21,23)(H,24,25)/t9-,10-,15+,16+/m0/s1. The van der Waals surface area contributed by atoms with Gasteiger partial charge in [0.25, 0.3) is 0 Å². The maximum absolute atomic E-state index is 14.3. The van der Waals surface area contributed by atoms with Crippen LogP contribution in [0, 0.1) is 29.5 Å². The first-order chi connectivity index (χ1) is 11.9. The highest BCUT2D eigenvalue weighted by atomic mass is 19.1. The third kappa shape index (κ3) is 2.59. The third-order valence-corrected chi connectivity index (χ3v) is 5.39. The number of halogens is 1. The van der Waals surface area contributed by atoms with Crippen LogP contribution in [0.4, 0.5) is 15.8 Å². The molecule has 1 aliphatic heterocycles. The lowest BCUT2D eigenvalue weighted by molar-refractivity contribution is -0.146. The number of aryl methyl sites for hydroxylation is 1. The molecule has 3 N–H and O–H groups in total. The van der Waals surface area contributed by atoms with Crippen molar-refractivity contribution < 1.29 is 23.9 Å². The quantitative estimate of drug-likeness (QED) is 0.732. The van der Waals surface area contributed by atoms with Crippen LogP contribution in [-0.4, -0.2) is 22.9 Å². The highest BCUT2D eigenvalue weighted by molar-refractivity contribution is 5.98. The fourth-order valence-corrected chi connectivity index (χ4v) is 4.23. The molecule has 2 bridgehead atoms. The number of aliphatic carboxylic acids is 1. The lowest BCUT2D eigenvalue weighted by Gasteiger charge is -2.24. The van der Waals surface area contributed by atoms with E-state index in [0.29, 0.717) is 24.9 Å². The van der Waals surface area contributed by atoms with Gasteiger partial charge in [0.2, 0.25) is 11.8 Å². The van der Waals surface area contributed by atoms with Gasteiger partial charge in [-0.15, -0.1) is 0 Å². The molecule has 0 unspecified atom stereocenters. The Morgan fingerprint density at radius 3 is 2.60 bits per heavy atom. The molecule has 130 valence electrons. The highest BCUT2D eigenvalue weighted by Gasteiger charge is 2.51. The third-order valence-electron chi connectivity index (χ3n) is 5.39. The van der Waals surface area contributed by atoms with Gasteiger partial charge >= 0.3 is 5.97 Å². The van der Waals surface area contributed by atoms with Gasteiger partial charge in [-0.1, -0.05) is 12.2 Å². The number of carboxylic acids is 1. The van der Waals surface area contributed by atoms with E-state index in [9.17, 15) is 23.9 Å². The molecule has 1 heterocycles. The minimum atomic E-state index is -0.995. The summed E-state index contributed by atoms with van der Waals surface area (Å²) in [5, 5.41) is 14.6. The first-order valence-electron chi connectivity index (χ1n) is 8.28. The number of nitrogens with one attached hydrogen (secondary N) is 2. The fraction of sp³-hybridized carbons (Fsp3) is 0.389. The van der Waals surface area contributed by atoms with Crippen molar-refractivity contribution in [2.75, 3.05) is 10.6 Å². The summed E-state index contributed by atoms with van der Waals surface area (Å²) in [6, 6.07) is 2.71. The Balaban J connectivity index is 1.58. The van der Waals surface area contributed by atoms with Gasteiger partial charge in [0.1, 0.15) is 5.82 Å². The van der Waals surface area contributed by atoms with E-state index >= 15 is 0 Å². The van der Waals surface area contributed by atoms with Crippen molar-refractivity contribution in [3.63, 3.8) is 0 Å². The Morgan fingerprint density at radius 2 is 1.88 bits per heavy atom. The first kappa shape index (κ1) is 15.8. The van der Waals surface area contributed by atoms with E-state index in [2.05, 4.69) is 10.6 Å². The molecule has 1 fully saturated rings. The van der Waals surface area contributed by atoms with E-state index in [1.807, 2.05) is 12.2 Å². The topological polar surface area (TPSA) is 95.5 Å². The molecule has 0 radical (unpaired) electrons. The van der Waals surface area contributed by atoms with Gasteiger partial charge in [0, 0.05) is 12.1 Å². The van der Waals surface area contributed by atoms with Gasteiger partial charge in [-0.3, -0.25) is 14.4 Å². The normalized spacial score (nSPS) is 29.2. The minimum Gasteiger partial charge on any atom is -0.481 e. The molecule has 6 nitrogen and oxygen atoms in total. The fourth-order valence-electron chi connectivity index (χ4n) is 4.23. The molecule has 1 saturated carbocycles. The number of amides is 2. The Labute approximate surface area is 143 Å². The summed E-state index contributed by atoms with van der Waals surface area (Å²) in [6.45, 7) is 0. The highest BCUT2D eigenvalue weighted by Crippen LogP contribution is 2.48. The number of hydrogen-bond donors (Lipinski definition) is 3. The number of carbonyl (C=O) groups is 3. The molecule has 7 heteroatoms. The van der Waals surface area contributed by atoms with Crippen molar-refractivity contribution in [2.24, 2.45) is 23.7 Å². The minimum absolute atomic E-state index is 0.0239. The second kappa shape index (κ2) is 5.68. The van der Waals surface area contributed by atoms with Gasteiger partial charge in [-0.2, -0.15) is 0 Å². The van der Waals surface area contributed by atoms with Crippen LogP contribution in [0.3, 0.4) is 0 Å². The van der Waals surface area contributed by atoms with Crippen molar-refractivity contribution in [1.29, 1.82) is 0 Å². The van der Waals surface area contributed by atoms with Crippen LogP contribution in [0.2, 0.25) is 0 Å². The van der Waals surface area contributed by atoms with E-state index in [4.69, 9.17) is 0 Å². The van der Waals surface area contributed by atoms with E-state index in [0.717, 1.165) is 5.56 Å². The number of rotatable bonds is 3. The lowest BCUT2D eigenvalue weighted by atomic mass is 9.82. The van der Waals surface area contributed by atoms with Gasteiger partial charge in [0.15, 0.2) is 0 Å². The van der Waals surface area contributed by atoms with Crippen molar-refractivity contribution in [3.05, 3.63) is 35.7 Å². The van der Waals surface area contributed by atoms with Gasteiger partial charge in [0.05, 0.1) is 17.5 Å². The van der Waals surface area contributed by atoms with Crippen molar-refractivity contribution in [2.45, 2.75) is 19.3 Å². The van der Waals surface area contributed by atoms with Gasteiger partial charge < -0.3 is 15.7 Å². The van der Waals surface area contributed by atoms with E-state index in [1.54, 1.807) is 0 Å². The summed E-state index contributed by atoms with van der Waals surface area (Å²) in [6.07, 6.45) is 5.17. The molecule has 25 heavy (non-hydrogen) atoms. The Kier molecular flexibility index (Phi) is 3.59. The van der Waals surface area contributed by atoms with E-state index < -0.39 is 29.5 Å². The molecule has 1 aromatic carbocycles. The first-order valence-corrected chi connectivity index (χ1v) is 8.28. The summed E-state index contributed by atoms with van der Waals surface area (Å²) in [5.74, 6) is -4.00. The van der Waals surface area contributed by atoms with Crippen LogP contribution in [0.25, 0.3) is 0 Å². The van der Waals surface area contributed by atoms with Crippen molar-refractivity contribution in [1.82, 2.24) is 0 Å². The smallest absolute Gasteiger partial charge is 0.307 e. The van der Waals surface area contributed by atoms with Crippen molar-refractivity contribution >= 4 is 29.2 Å². The molecular formula is C18H17FN2O4. The number of benzene rings is 1. The largest absolute Gasteiger partial charge is 0.481 e. The van der Waals surface area contributed by atoms with Gasteiger partial charge in [-0.25, -0.2) is 4.39 Å². The van der Waals surface area contributed by atoms with Crippen LogP contribution in [0.1, 0.15) is 18.4 Å². The number of fused-ring (bicyclic) bond motifs is 3. The average Bonchev–Trinajstić information content (AvgIpc) is 3.16. The molecule has 2 amide bonds. The maximum Gasteiger partial charge on any atom is 0.307 e. The average molecular weight is 344 g/mol. The maximum atomic E-state index is 14.3. The van der Waals surface area contributed by atoms with E-state index in [-0.39, 0.29) is 23.4 Å². The monoisotopic (exact) mass is 344 g/mol.